The summed E-state index contributed by atoms with van der Waals surface area (Å²) in [5, 5.41) is 3.58. The molecular weight excluding hydrogens is 645 g/mol. The molecular formula is C35H37Cl2N3O5S. The Labute approximate surface area is 280 Å². The van der Waals surface area contributed by atoms with Crippen LogP contribution in [-0.4, -0.2) is 50.4 Å². The summed E-state index contributed by atoms with van der Waals surface area (Å²) >= 11 is 12.5. The molecule has 0 saturated carbocycles. The third-order valence-corrected chi connectivity index (χ3v) is 9.61. The van der Waals surface area contributed by atoms with Crippen LogP contribution < -0.4 is 14.4 Å². The summed E-state index contributed by atoms with van der Waals surface area (Å²) in [5.41, 5.74) is 1.75. The molecule has 0 saturated heterocycles. The average Bonchev–Trinajstić information content (AvgIpc) is 3.04. The molecule has 0 aliphatic carbocycles. The predicted octanol–water partition coefficient (Wildman–Crippen LogP) is 6.75. The number of nitrogens with zero attached hydrogens (tertiary/aromatic N) is 2. The maximum absolute atomic E-state index is 14.5. The molecule has 2 amide bonds. The molecule has 0 unspecified atom stereocenters. The van der Waals surface area contributed by atoms with Crippen molar-refractivity contribution in [3.8, 4) is 5.75 Å². The van der Waals surface area contributed by atoms with E-state index in [4.69, 9.17) is 27.9 Å². The second-order valence-corrected chi connectivity index (χ2v) is 13.6. The van der Waals surface area contributed by atoms with E-state index in [2.05, 4.69) is 5.32 Å². The van der Waals surface area contributed by atoms with Crippen molar-refractivity contribution in [2.45, 2.75) is 50.7 Å². The highest BCUT2D eigenvalue weighted by molar-refractivity contribution is 7.92. The van der Waals surface area contributed by atoms with Gasteiger partial charge in [-0.15, -0.1) is 0 Å². The maximum Gasteiger partial charge on any atom is 0.264 e. The Hall–Kier alpha value is -4.05. The van der Waals surface area contributed by atoms with Crippen molar-refractivity contribution >= 4 is 50.7 Å². The summed E-state index contributed by atoms with van der Waals surface area (Å²) < 4.78 is 34.8. The number of halogens is 2. The number of benzene rings is 4. The van der Waals surface area contributed by atoms with Crippen LogP contribution in [0.1, 0.15) is 31.9 Å². The maximum atomic E-state index is 14.5. The van der Waals surface area contributed by atoms with Crippen LogP contribution in [0.5, 0.6) is 5.75 Å². The molecule has 46 heavy (non-hydrogen) atoms. The zero-order valence-corrected chi connectivity index (χ0v) is 28.2. The van der Waals surface area contributed by atoms with Gasteiger partial charge in [-0.05, 0) is 80.4 Å². The number of carbonyl (C=O) groups is 2. The standard InChI is InChI=1S/C35H37Cl2N3O5S/c1-4-45-29-16-18-30(19-17-29)46(43,44)40(28-13-9-6-10-14-28)24-34(41)39(23-27-15-20-31(36)32(37)21-27)33(35(42)38-25(2)3)22-26-11-7-5-8-12-26/h5-21,25,33H,4,22-24H2,1-3H3,(H,38,42)/t33-/m1/s1. The van der Waals surface area contributed by atoms with Crippen LogP contribution >= 0.6 is 23.2 Å². The molecule has 11 heteroatoms. The van der Waals surface area contributed by atoms with Gasteiger partial charge in [-0.25, -0.2) is 8.42 Å². The van der Waals surface area contributed by atoms with Gasteiger partial charge < -0.3 is 15.0 Å². The Morgan fingerprint density at radius 2 is 1.46 bits per heavy atom. The van der Waals surface area contributed by atoms with Gasteiger partial charge in [0.15, 0.2) is 0 Å². The van der Waals surface area contributed by atoms with E-state index in [0.717, 1.165) is 9.87 Å². The number of hydrogen-bond acceptors (Lipinski definition) is 5. The summed E-state index contributed by atoms with van der Waals surface area (Å²) in [6.45, 7) is 5.35. The number of sulfonamides is 1. The van der Waals surface area contributed by atoms with Gasteiger partial charge in [0.05, 0.1) is 27.2 Å². The molecule has 8 nitrogen and oxygen atoms in total. The van der Waals surface area contributed by atoms with Crippen LogP contribution in [0.25, 0.3) is 0 Å². The molecule has 0 spiro atoms. The van der Waals surface area contributed by atoms with Crippen molar-refractivity contribution in [3.63, 3.8) is 0 Å². The van der Waals surface area contributed by atoms with Gasteiger partial charge in [0, 0.05) is 19.0 Å². The van der Waals surface area contributed by atoms with Gasteiger partial charge in [0.1, 0.15) is 18.3 Å². The summed E-state index contributed by atoms with van der Waals surface area (Å²) in [7, 11) is -4.23. The fourth-order valence-electron chi connectivity index (χ4n) is 4.89. The number of amides is 2. The van der Waals surface area contributed by atoms with Gasteiger partial charge in [0.2, 0.25) is 11.8 Å². The molecule has 242 valence electrons. The Balaban J connectivity index is 1.79. The molecule has 0 aliphatic rings. The summed E-state index contributed by atoms with van der Waals surface area (Å²) in [6, 6.07) is 27.6. The summed E-state index contributed by atoms with van der Waals surface area (Å²) in [4.78, 5) is 29.7. The smallest absolute Gasteiger partial charge is 0.264 e. The Kier molecular flexibility index (Phi) is 12.1. The summed E-state index contributed by atoms with van der Waals surface area (Å²) in [6.07, 6.45) is 0.198. The lowest BCUT2D eigenvalue weighted by atomic mass is 10.0. The van der Waals surface area contributed by atoms with Crippen LogP contribution in [0.15, 0.2) is 108 Å². The average molecular weight is 683 g/mol. The third-order valence-electron chi connectivity index (χ3n) is 7.08. The van der Waals surface area contributed by atoms with Gasteiger partial charge in [-0.3, -0.25) is 13.9 Å². The number of anilines is 1. The zero-order valence-electron chi connectivity index (χ0n) is 25.9. The van der Waals surface area contributed by atoms with E-state index < -0.39 is 28.5 Å². The number of carbonyl (C=O) groups excluding carboxylic acids is 2. The highest BCUT2D eigenvalue weighted by Crippen LogP contribution is 2.27. The van der Waals surface area contributed by atoms with Crippen molar-refractivity contribution in [3.05, 3.63) is 124 Å². The number of ether oxygens (including phenoxy) is 1. The highest BCUT2D eigenvalue weighted by atomic mass is 35.5. The van der Waals surface area contributed by atoms with E-state index in [-0.39, 0.29) is 29.8 Å². The molecule has 0 fully saturated rings. The molecule has 0 heterocycles. The molecule has 0 bridgehead atoms. The molecule has 0 aliphatic heterocycles. The predicted molar refractivity (Wildman–Crippen MR) is 183 cm³/mol. The van der Waals surface area contributed by atoms with Gasteiger partial charge in [-0.2, -0.15) is 0 Å². The Morgan fingerprint density at radius 1 is 0.826 bits per heavy atom. The van der Waals surface area contributed by atoms with Crippen LogP contribution in [0, 0.1) is 0 Å². The molecule has 0 aromatic heterocycles. The largest absolute Gasteiger partial charge is 0.494 e. The minimum atomic E-state index is -4.23. The van der Waals surface area contributed by atoms with E-state index in [1.807, 2.05) is 51.1 Å². The first-order valence-electron chi connectivity index (χ1n) is 14.9. The normalized spacial score (nSPS) is 12.0. The van der Waals surface area contributed by atoms with E-state index in [0.29, 0.717) is 33.7 Å². The first-order valence-corrected chi connectivity index (χ1v) is 17.1. The quantitative estimate of drug-likeness (QED) is 0.159. The zero-order chi connectivity index (χ0) is 33.3. The fourth-order valence-corrected chi connectivity index (χ4v) is 6.63. The second kappa shape index (κ2) is 16.0. The van der Waals surface area contributed by atoms with E-state index in [1.54, 1.807) is 60.7 Å². The SMILES string of the molecule is CCOc1ccc(S(=O)(=O)N(CC(=O)N(Cc2ccc(Cl)c(Cl)c2)[C@H](Cc2ccccc2)C(=O)NC(C)C)c2ccccc2)cc1. The van der Waals surface area contributed by atoms with Gasteiger partial charge >= 0.3 is 0 Å². The molecule has 0 radical (unpaired) electrons. The van der Waals surface area contributed by atoms with E-state index >= 15 is 0 Å². The minimum absolute atomic E-state index is 0.0120. The molecule has 4 aromatic carbocycles. The number of para-hydroxylation sites is 1. The molecule has 4 aromatic rings. The van der Waals surface area contributed by atoms with Gasteiger partial charge in [0.25, 0.3) is 10.0 Å². The first-order chi connectivity index (χ1) is 22.0. The lowest BCUT2D eigenvalue weighted by Crippen LogP contribution is -2.54. The van der Waals surface area contributed by atoms with Crippen molar-refractivity contribution in [2.24, 2.45) is 0 Å². The first kappa shape index (κ1) is 34.8. The van der Waals surface area contributed by atoms with Crippen molar-refractivity contribution in [2.75, 3.05) is 17.5 Å². The third kappa shape index (κ3) is 9.02. The Morgan fingerprint density at radius 3 is 2.04 bits per heavy atom. The van der Waals surface area contributed by atoms with E-state index in [9.17, 15) is 18.0 Å². The molecule has 4 rings (SSSR count). The van der Waals surface area contributed by atoms with Crippen LogP contribution in [0.4, 0.5) is 5.69 Å². The number of nitrogens with one attached hydrogen (secondary N) is 1. The number of hydrogen-bond donors (Lipinski definition) is 1. The fraction of sp³-hybridized carbons (Fsp3) is 0.257. The lowest BCUT2D eigenvalue weighted by molar-refractivity contribution is -0.140. The van der Waals surface area contributed by atoms with Crippen LogP contribution in [0.2, 0.25) is 10.0 Å². The van der Waals surface area contributed by atoms with Crippen LogP contribution in [0.3, 0.4) is 0 Å². The minimum Gasteiger partial charge on any atom is -0.494 e. The van der Waals surface area contributed by atoms with Crippen molar-refractivity contribution in [1.82, 2.24) is 10.2 Å². The lowest BCUT2D eigenvalue weighted by Gasteiger charge is -2.34. The monoisotopic (exact) mass is 681 g/mol. The number of rotatable bonds is 14. The highest BCUT2D eigenvalue weighted by Gasteiger charge is 2.35. The van der Waals surface area contributed by atoms with Crippen molar-refractivity contribution < 1.29 is 22.7 Å². The molecule has 1 atom stereocenters. The second-order valence-electron chi connectivity index (χ2n) is 10.9. The van der Waals surface area contributed by atoms with Crippen molar-refractivity contribution in [1.29, 1.82) is 0 Å². The van der Waals surface area contributed by atoms with E-state index in [1.165, 1.54) is 17.0 Å². The topological polar surface area (TPSA) is 96.0 Å². The van der Waals surface area contributed by atoms with Gasteiger partial charge in [-0.1, -0.05) is 77.8 Å². The van der Waals surface area contributed by atoms with Crippen LogP contribution in [-0.2, 0) is 32.6 Å². The molecule has 1 N–H and O–H groups in total. The summed E-state index contributed by atoms with van der Waals surface area (Å²) in [5.74, 6) is -0.423. The Bertz CT molecular complexity index is 1720.